The summed E-state index contributed by atoms with van der Waals surface area (Å²) in [7, 11) is 3.06. The minimum atomic E-state index is -0.727. The van der Waals surface area contributed by atoms with Gasteiger partial charge in [-0.3, -0.25) is 14.4 Å². The van der Waals surface area contributed by atoms with Gasteiger partial charge in [0.15, 0.2) is 11.6 Å². The van der Waals surface area contributed by atoms with E-state index in [1.807, 2.05) is 13.0 Å². The quantitative estimate of drug-likeness (QED) is 0.252. The highest BCUT2D eigenvalue weighted by molar-refractivity contribution is 6.02. The van der Waals surface area contributed by atoms with Gasteiger partial charge in [-0.15, -0.1) is 0 Å². The summed E-state index contributed by atoms with van der Waals surface area (Å²) in [6.45, 7) is 13.4. The van der Waals surface area contributed by atoms with Crippen LogP contribution in [0.1, 0.15) is 99.3 Å². The Morgan fingerprint density at radius 2 is 1.70 bits per heavy atom. The molecule has 0 spiro atoms. The second kappa shape index (κ2) is 9.28. The summed E-state index contributed by atoms with van der Waals surface area (Å²) in [6, 6.07) is 0. The zero-order chi connectivity index (χ0) is 29.5. The number of methoxy groups -OCH3 is 2. The minimum absolute atomic E-state index is 0.0206. The van der Waals surface area contributed by atoms with Crippen molar-refractivity contribution in [3.8, 4) is 0 Å². The first-order chi connectivity index (χ1) is 18.6. The third kappa shape index (κ3) is 3.66. The molecule has 1 unspecified atom stereocenters. The van der Waals surface area contributed by atoms with Crippen molar-refractivity contribution < 1.29 is 29.0 Å². The average molecular weight is 555 g/mol. The zero-order valence-corrected chi connectivity index (χ0v) is 25.9. The first-order valence-electron chi connectivity index (χ1n) is 15.3. The highest BCUT2D eigenvalue weighted by atomic mass is 16.5. The van der Waals surface area contributed by atoms with Gasteiger partial charge in [0.1, 0.15) is 0 Å². The van der Waals surface area contributed by atoms with Crippen LogP contribution >= 0.6 is 0 Å². The van der Waals surface area contributed by atoms with Crippen molar-refractivity contribution in [3.63, 3.8) is 0 Å². The Hall–Kier alpha value is -1.95. The first-order valence-corrected chi connectivity index (χ1v) is 15.3. The van der Waals surface area contributed by atoms with Crippen molar-refractivity contribution in [2.75, 3.05) is 20.8 Å². The molecule has 0 aromatic carbocycles. The second-order valence-corrected chi connectivity index (χ2v) is 15.6. The van der Waals surface area contributed by atoms with Crippen molar-refractivity contribution in [3.05, 3.63) is 23.5 Å². The SMILES string of the molecule is CO/C=C1/C[C@]2(C)C3=CC(=O)[C@@H]4[C@@H]5CC(C)(C)CC[C@]5(C(=O)OC)CC[C@@]4(C)[C@]3(C)CCC2[C@](C)(CCO)C1=O. The van der Waals surface area contributed by atoms with Crippen LogP contribution in [0.4, 0.5) is 0 Å². The topological polar surface area (TPSA) is 89.9 Å². The molecule has 0 aliphatic heterocycles. The normalized spacial score (nSPS) is 46.9. The lowest BCUT2D eigenvalue weighted by Crippen LogP contribution is -2.66. The van der Waals surface area contributed by atoms with Crippen molar-refractivity contribution >= 4 is 17.5 Å². The molecule has 6 nitrogen and oxygen atoms in total. The maximum Gasteiger partial charge on any atom is 0.312 e. The summed E-state index contributed by atoms with van der Waals surface area (Å²) < 4.78 is 10.8. The molecule has 0 aromatic rings. The highest BCUT2D eigenvalue weighted by Gasteiger charge is 2.71. The van der Waals surface area contributed by atoms with Crippen LogP contribution in [0.5, 0.6) is 0 Å². The molecule has 0 radical (unpaired) electrons. The van der Waals surface area contributed by atoms with Gasteiger partial charge in [-0.05, 0) is 97.4 Å². The Morgan fingerprint density at radius 1 is 1.02 bits per heavy atom. The van der Waals surface area contributed by atoms with Gasteiger partial charge < -0.3 is 14.6 Å². The van der Waals surface area contributed by atoms with Crippen LogP contribution in [0.25, 0.3) is 0 Å². The van der Waals surface area contributed by atoms with Crippen molar-refractivity contribution in [1.29, 1.82) is 0 Å². The highest BCUT2D eigenvalue weighted by Crippen LogP contribution is 2.75. The molecule has 0 bridgehead atoms. The van der Waals surface area contributed by atoms with E-state index in [1.54, 1.807) is 13.4 Å². The fraction of sp³-hybridized carbons (Fsp3) is 0.794. The molecule has 0 saturated heterocycles. The van der Waals surface area contributed by atoms with Gasteiger partial charge in [0.2, 0.25) is 0 Å². The molecule has 0 aromatic heterocycles. The number of aliphatic hydroxyl groups is 1. The number of hydrogen-bond acceptors (Lipinski definition) is 6. The van der Waals surface area contributed by atoms with Crippen molar-refractivity contribution in [2.45, 2.75) is 99.3 Å². The second-order valence-electron chi connectivity index (χ2n) is 15.6. The lowest BCUT2D eigenvalue weighted by atomic mass is 9.33. The van der Waals surface area contributed by atoms with Crippen molar-refractivity contribution in [2.24, 2.45) is 50.2 Å². The lowest BCUT2D eigenvalue weighted by molar-refractivity contribution is -0.192. The van der Waals surface area contributed by atoms with Gasteiger partial charge in [0, 0.05) is 23.5 Å². The molecule has 1 N–H and O–H groups in total. The smallest absolute Gasteiger partial charge is 0.312 e. The van der Waals surface area contributed by atoms with Crippen LogP contribution in [0.15, 0.2) is 23.5 Å². The third-order valence-corrected chi connectivity index (χ3v) is 13.3. The molecule has 6 heteroatoms. The molecule has 0 heterocycles. The Balaban J connectivity index is 1.67. The largest absolute Gasteiger partial charge is 0.504 e. The van der Waals surface area contributed by atoms with Crippen LogP contribution in [-0.2, 0) is 23.9 Å². The number of ether oxygens (including phenoxy) is 2. The van der Waals surface area contributed by atoms with Gasteiger partial charge in [-0.2, -0.15) is 0 Å². The summed E-state index contributed by atoms with van der Waals surface area (Å²) in [5, 5.41) is 10.0. The predicted octanol–water partition coefficient (Wildman–Crippen LogP) is 6.21. The van der Waals surface area contributed by atoms with E-state index in [1.165, 1.54) is 12.7 Å². The maximum absolute atomic E-state index is 14.6. The van der Waals surface area contributed by atoms with Gasteiger partial charge in [0.25, 0.3) is 0 Å². The van der Waals surface area contributed by atoms with E-state index in [9.17, 15) is 19.5 Å². The van der Waals surface area contributed by atoms with Crippen LogP contribution in [0, 0.1) is 50.2 Å². The number of carbonyl (C=O) groups excluding carboxylic acids is 3. The Morgan fingerprint density at radius 3 is 2.33 bits per heavy atom. The lowest BCUT2D eigenvalue weighted by Gasteiger charge is -2.69. The van der Waals surface area contributed by atoms with E-state index in [2.05, 4.69) is 34.6 Å². The number of Topliss-reactive ketones (excluding diaryl/α,β-unsaturated/α-hetero) is 1. The van der Waals surface area contributed by atoms with Gasteiger partial charge >= 0.3 is 5.97 Å². The number of fused-ring (bicyclic) bond motifs is 7. The number of hydrogen-bond donors (Lipinski definition) is 1. The van der Waals surface area contributed by atoms with Crippen LogP contribution < -0.4 is 0 Å². The average Bonchev–Trinajstić information content (AvgIpc) is 2.88. The predicted molar refractivity (Wildman–Crippen MR) is 153 cm³/mol. The minimum Gasteiger partial charge on any atom is -0.504 e. The number of rotatable bonds is 4. The van der Waals surface area contributed by atoms with E-state index < -0.39 is 16.2 Å². The molecule has 222 valence electrons. The van der Waals surface area contributed by atoms with E-state index in [4.69, 9.17) is 9.47 Å². The van der Waals surface area contributed by atoms with E-state index in [0.717, 1.165) is 44.9 Å². The number of esters is 1. The number of ketones is 2. The molecule has 4 saturated carbocycles. The molecular weight excluding hydrogens is 504 g/mol. The molecule has 5 aliphatic rings. The third-order valence-electron chi connectivity index (χ3n) is 13.3. The van der Waals surface area contributed by atoms with E-state index in [0.29, 0.717) is 18.4 Å². The summed E-state index contributed by atoms with van der Waals surface area (Å²) >= 11 is 0. The fourth-order valence-electron chi connectivity index (χ4n) is 11.0. The van der Waals surface area contributed by atoms with Crippen LogP contribution in [0.3, 0.4) is 0 Å². The molecule has 5 rings (SSSR count). The van der Waals surface area contributed by atoms with E-state index >= 15 is 0 Å². The molecule has 8 atom stereocenters. The maximum atomic E-state index is 14.6. The summed E-state index contributed by atoms with van der Waals surface area (Å²) in [5.74, 6) is -0.203. The number of carbonyl (C=O) groups is 3. The van der Waals surface area contributed by atoms with E-state index in [-0.39, 0.29) is 58.1 Å². The molecule has 4 fully saturated rings. The monoisotopic (exact) mass is 554 g/mol. The van der Waals surface area contributed by atoms with Crippen LogP contribution in [-0.4, -0.2) is 43.5 Å². The fourth-order valence-corrected chi connectivity index (χ4v) is 11.0. The molecular formula is C34H50O6. The summed E-state index contributed by atoms with van der Waals surface area (Å²) in [5.41, 5.74) is -0.430. The van der Waals surface area contributed by atoms with Gasteiger partial charge in [-0.25, -0.2) is 0 Å². The number of allylic oxidation sites excluding steroid dienone is 3. The molecule has 40 heavy (non-hydrogen) atoms. The standard InChI is InChI=1S/C34H50O6/c1-29(2)11-13-34(28(38)40-8)14-12-33(6)26(22(34)19-29)23(36)17-25-31(4)18-21(20-39-7)27(37)30(3,15-16-35)24(31)9-10-32(25,33)5/h17,20,22,24,26,35H,9-16,18-19H2,1-8H3/b21-20-/t22-,24?,26-,30-,31-,32+,33+,34-/m0/s1. The number of aliphatic hydroxyl groups excluding tert-OH is 1. The first kappa shape index (κ1) is 29.5. The summed E-state index contributed by atoms with van der Waals surface area (Å²) in [6.07, 6.45) is 10.3. The zero-order valence-electron chi connectivity index (χ0n) is 25.9. The molecule has 0 amide bonds. The molecule has 5 aliphatic carbocycles. The Kier molecular flexibility index (Phi) is 6.85. The van der Waals surface area contributed by atoms with Gasteiger partial charge in [0.05, 0.1) is 25.9 Å². The van der Waals surface area contributed by atoms with Crippen molar-refractivity contribution in [1.82, 2.24) is 0 Å². The Labute approximate surface area is 240 Å². The summed E-state index contributed by atoms with van der Waals surface area (Å²) in [4.78, 5) is 41.8. The van der Waals surface area contributed by atoms with Crippen LogP contribution in [0.2, 0.25) is 0 Å². The van der Waals surface area contributed by atoms with Gasteiger partial charge in [-0.1, -0.05) is 47.1 Å². The Bertz CT molecular complexity index is 1180.